The standard InChI is InChI=1S/C16H30O/c1-12-6-7-14-15(2,3)9-5-10-16(14,4)13(12)8-11-17/h12-14,17H,5-11H2,1-4H3/t12-,13?,14?,16+/m0/s1. The number of fused-ring (bicyclic) bond motifs is 1. The molecule has 0 aromatic rings. The quantitative estimate of drug-likeness (QED) is 0.762. The van der Waals surface area contributed by atoms with Crippen LogP contribution in [0.25, 0.3) is 0 Å². The van der Waals surface area contributed by atoms with Gasteiger partial charge in [-0.3, -0.25) is 0 Å². The van der Waals surface area contributed by atoms with Crippen molar-refractivity contribution in [2.24, 2.45) is 28.6 Å². The van der Waals surface area contributed by atoms with Crippen molar-refractivity contribution >= 4 is 0 Å². The zero-order valence-electron chi connectivity index (χ0n) is 12.1. The number of rotatable bonds is 2. The molecule has 0 amide bonds. The van der Waals surface area contributed by atoms with Crippen LogP contribution in [0.3, 0.4) is 0 Å². The molecule has 2 aliphatic carbocycles. The maximum Gasteiger partial charge on any atom is 0.0433 e. The lowest BCUT2D eigenvalue weighted by Crippen LogP contribution is -2.51. The fourth-order valence-electron chi connectivity index (χ4n) is 5.36. The van der Waals surface area contributed by atoms with E-state index in [-0.39, 0.29) is 0 Å². The average molecular weight is 238 g/mol. The van der Waals surface area contributed by atoms with E-state index in [0.717, 1.165) is 24.2 Å². The summed E-state index contributed by atoms with van der Waals surface area (Å²) in [5.74, 6) is 2.42. The lowest BCUT2D eigenvalue weighted by atomic mass is 9.46. The van der Waals surface area contributed by atoms with Crippen molar-refractivity contribution in [3.63, 3.8) is 0 Å². The Labute approximate surface area is 107 Å². The highest BCUT2D eigenvalue weighted by atomic mass is 16.3. The van der Waals surface area contributed by atoms with Crippen molar-refractivity contribution < 1.29 is 5.11 Å². The first-order valence-electron chi connectivity index (χ1n) is 7.52. The maximum absolute atomic E-state index is 9.37. The van der Waals surface area contributed by atoms with Crippen molar-refractivity contribution in [1.29, 1.82) is 0 Å². The summed E-state index contributed by atoms with van der Waals surface area (Å²) >= 11 is 0. The van der Waals surface area contributed by atoms with Crippen molar-refractivity contribution in [2.45, 2.75) is 66.2 Å². The fourth-order valence-corrected chi connectivity index (χ4v) is 5.36. The first kappa shape index (κ1) is 13.4. The molecule has 1 heteroatoms. The summed E-state index contributed by atoms with van der Waals surface area (Å²) in [6.45, 7) is 10.2. The normalized spacial score (nSPS) is 45.4. The van der Waals surface area contributed by atoms with E-state index in [4.69, 9.17) is 0 Å². The molecule has 0 aliphatic heterocycles. The third kappa shape index (κ3) is 2.16. The van der Waals surface area contributed by atoms with Gasteiger partial charge in [0, 0.05) is 6.61 Å². The van der Waals surface area contributed by atoms with Gasteiger partial charge < -0.3 is 5.11 Å². The van der Waals surface area contributed by atoms with E-state index in [2.05, 4.69) is 27.7 Å². The van der Waals surface area contributed by atoms with Crippen LogP contribution in [0.1, 0.15) is 66.2 Å². The minimum absolute atomic E-state index is 0.373. The second kappa shape index (κ2) is 4.57. The molecule has 17 heavy (non-hydrogen) atoms. The topological polar surface area (TPSA) is 20.2 Å². The molecule has 1 nitrogen and oxygen atoms in total. The van der Waals surface area contributed by atoms with E-state index in [1.165, 1.54) is 32.1 Å². The molecule has 100 valence electrons. The molecule has 4 atom stereocenters. The van der Waals surface area contributed by atoms with Crippen LogP contribution in [0.15, 0.2) is 0 Å². The summed E-state index contributed by atoms with van der Waals surface area (Å²) in [6.07, 6.45) is 7.96. The van der Waals surface area contributed by atoms with Gasteiger partial charge in [-0.25, -0.2) is 0 Å². The van der Waals surface area contributed by atoms with Crippen LogP contribution in [0.4, 0.5) is 0 Å². The van der Waals surface area contributed by atoms with Gasteiger partial charge in [-0.2, -0.15) is 0 Å². The van der Waals surface area contributed by atoms with Gasteiger partial charge in [0.1, 0.15) is 0 Å². The van der Waals surface area contributed by atoms with Gasteiger partial charge in [-0.05, 0) is 54.3 Å². The van der Waals surface area contributed by atoms with Gasteiger partial charge in [0.2, 0.25) is 0 Å². The fraction of sp³-hybridized carbons (Fsp3) is 1.00. The third-order valence-corrected chi connectivity index (χ3v) is 6.16. The van der Waals surface area contributed by atoms with Crippen molar-refractivity contribution in [2.75, 3.05) is 6.61 Å². The Balaban J connectivity index is 2.28. The Morgan fingerprint density at radius 2 is 1.82 bits per heavy atom. The highest BCUT2D eigenvalue weighted by Gasteiger charge is 2.53. The largest absolute Gasteiger partial charge is 0.396 e. The van der Waals surface area contributed by atoms with E-state index in [1.54, 1.807) is 0 Å². The average Bonchev–Trinajstić information content (AvgIpc) is 2.22. The van der Waals surface area contributed by atoms with Gasteiger partial charge >= 0.3 is 0 Å². The van der Waals surface area contributed by atoms with E-state index in [9.17, 15) is 5.11 Å². The van der Waals surface area contributed by atoms with E-state index in [1.807, 2.05) is 0 Å². The predicted molar refractivity (Wildman–Crippen MR) is 72.8 cm³/mol. The van der Waals surface area contributed by atoms with Gasteiger partial charge in [0.05, 0.1) is 0 Å². The first-order chi connectivity index (χ1) is 7.92. The highest BCUT2D eigenvalue weighted by Crippen LogP contribution is 2.61. The molecule has 0 bridgehead atoms. The molecule has 2 unspecified atom stereocenters. The molecule has 2 rings (SSSR count). The summed E-state index contributed by atoms with van der Waals surface area (Å²) in [7, 11) is 0. The predicted octanol–water partition coefficient (Wildman–Crippen LogP) is 4.25. The van der Waals surface area contributed by atoms with Crippen LogP contribution in [0.2, 0.25) is 0 Å². The Hall–Kier alpha value is -0.0400. The summed E-state index contributed by atoms with van der Waals surface area (Å²) in [5, 5.41) is 9.37. The minimum Gasteiger partial charge on any atom is -0.396 e. The molecule has 0 spiro atoms. The molecule has 2 fully saturated rings. The first-order valence-corrected chi connectivity index (χ1v) is 7.52. The van der Waals surface area contributed by atoms with Gasteiger partial charge in [0.25, 0.3) is 0 Å². The van der Waals surface area contributed by atoms with Crippen molar-refractivity contribution in [3.8, 4) is 0 Å². The van der Waals surface area contributed by atoms with Crippen LogP contribution >= 0.6 is 0 Å². The monoisotopic (exact) mass is 238 g/mol. The van der Waals surface area contributed by atoms with Crippen LogP contribution < -0.4 is 0 Å². The molecular formula is C16H30O. The van der Waals surface area contributed by atoms with Crippen LogP contribution in [0, 0.1) is 28.6 Å². The number of hydrogen-bond donors (Lipinski definition) is 1. The van der Waals surface area contributed by atoms with Crippen LogP contribution in [-0.4, -0.2) is 11.7 Å². The summed E-state index contributed by atoms with van der Waals surface area (Å²) in [4.78, 5) is 0. The van der Waals surface area contributed by atoms with E-state index >= 15 is 0 Å². The molecular weight excluding hydrogens is 208 g/mol. The molecule has 0 saturated heterocycles. The molecule has 2 aliphatic rings. The number of aliphatic hydroxyl groups excluding tert-OH is 1. The zero-order chi connectivity index (χ0) is 12.7. The second-order valence-corrected chi connectivity index (χ2v) is 7.57. The maximum atomic E-state index is 9.37. The van der Waals surface area contributed by atoms with Gasteiger partial charge in [0.15, 0.2) is 0 Å². The molecule has 1 N–H and O–H groups in total. The molecule has 0 aromatic heterocycles. The summed E-state index contributed by atoms with van der Waals surface area (Å²) in [6, 6.07) is 0. The van der Waals surface area contributed by atoms with Crippen molar-refractivity contribution in [1.82, 2.24) is 0 Å². The Morgan fingerprint density at radius 1 is 1.12 bits per heavy atom. The summed E-state index contributed by atoms with van der Waals surface area (Å²) in [5.41, 5.74) is 1.00. The Bertz CT molecular complexity index is 271. The lowest BCUT2D eigenvalue weighted by molar-refractivity contribution is -0.0991. The smallest absolute Gasteiger partial charge is 0.0433 e. The van der Waals surface area contributed by atoms with E-state index in [0.29, 0.717) is 17.4 Å². The Kier molecular flexibility index (Phi) is 3.60. The van der Waals surface area contributed by atoms with Crippen molar-refractivity contribution in [3.05, 3.63) is 0 Å². The summed E-state index contributed by atoms with van der Waals surface area (Å²) < 4.78 is 0. The third-order valence-electron chi connectivity index (χ3n) is 6.16. The number of aliphatic hydroxyl groups is 1. The van der Waals surface area contributed by atoms with Crippen LogP contribution in [-0.2, 0) is 0 Å². The highest BCUT2D eigenvalue weighted by molar-refractivity contribution is 5.02. The lowest BCUT2D eigenvalue weighted by Gasteiger charge is -2.59. The molecule has 0 aromatic carbocycles. The Morgan fingerprint density at radius 3 is 2.47 bits per heavy atom. The molecule has 0 heterocycles. The number of hydrogen-bond acceptors (Lipinski definition) is 1. The van der Waals surface area contributed by atoms with E-state index < -0.39 is 0 Å². The second-order valence-electron chi connectivity index (χ2n) is 7.57. The van der Waals surface area contributed by atoms with Crippen LogP contribution in [0.5, 0.6) is 0 Å². The minimum atomic E-state index is 0.373. The zero-order valence-corrected chi connectivity index (χ0v) is 12.1. The van der Waals surface area contributed by atoms with Gasteiger partial charge in [-0.15, -0.1) is 0 Å². The SMILES string of the molecule is C[C@H]1CCC2C(C)(C)CCC[C@]2(C)C1CCO. The molecule has 2 saturated carbocycles. The molecule has 0 radical (unpaired) electrons. The van der Waals surface area contributed by atoms with Gasteiger partial charge in [-0.1, -0.05) is 40.5 Å².